The molecule has 2 heterocycles. The molecule has 1 aliphatic rings. The summed E-state index contributed by atoms with van der Waals surface area (Å²) in [5.41, 5.74) is 0. The van der Waals surface area contributed by atoms with Gasteiger partial charge in [0.25, 0.3) is 0 Å². The lowest BCUT2D eigenvalue weighted by atomic mass is 10.4. The molecular formula is C15H27N5O2S3. The lowest BCUT2D eigenvalue weighted by Crippen LogP contribution is -2.44. The molecule has 7 nitrogen and oxygen atoms in total. The van der Waals surface area contributed by atoms with Crippen LogP contribution >= 0.6 is 23.1 Å². The first kappa shape index (κ1) is 20.5. The summed E-state index contributed by atoms with van der Waals surface area (Å²) < 4.78 is 26.3. The van der Waals surface area contributed by atoms with Crippen LogP contribution in [0.4, 0.5) is 0 Å². The molecule has 2 N–H and O–H groups in total. The fourth-order valence-corrected chi connectivity index (χ4v) is 5.60. The van der Waals surface area contributed by atoms with Gasteiger partial charge in [0.15, 0.2) is 5.96 Å². The average Bonchev–Trinajstić information content (AvgIpc) is 3.08. The van der Waals surface area contributed by atoms with Crippen molar-refractivity contribution in [3.8, 4) is 0 Å². The normalized spacial score (nSPS) is 16.8. The number of nitrogens with one attached hydrogen (secondary N) is 2. The van der Waals surface area contributed by atoms with E-state index < -0.39 is 10.0 Å². The third-order valence-corrected chi connectivity index (χ3v) is 7.62. The minimum atomic E-state index is -3.20. The Hall–Kier alpha value is -0.840. The summed E-state index contributed by atoms with van der Waals surface area (Å²) in [5.74, 6) is 2.47. The van der Waals surface area contributed by atoms with Crippen LogP contribution in [0, 0.1) is 0 Å². The number of nitrogens with zero attached hydrogens (tertiary/aromatic N) is 3. The van der Waals surface area contributed by atoms with Crippen molar-refractivity contribution in [3.63, 3.8) is 0 Å². The molecule has 0 aliphatic carbocycles. The van der Waals surface area contributed by atoms with Gasteiger partial charge in [0.2, 0.25) is 10.0 Å². The molecule has 0 saturated carbocycles. The Balaban J connectivity index is 1.84. The van der Waals surface area contributed by atoms with Crippen molar-refractivity contribution in [1.82, 2.24) is 19.9 Å². The van der Waals surface area contributed by atoms with Crippen molar-refractivity contribution in [2.75, 3.05) is 43.4 Å². The number of hydrogen-bond acceptors (Lipinski definition) is 6. The van der Waals surface area contributed by atoms with Crippen LogP contribution in [0.25, 0.3) is 0 Å². The first-order valence-corrected chi connectivity index (χ1v) is 12.1. The predicted octanol–water partition coefficient (Wildman–Crippen LogP) is 1.14. The molecule has 1 fully saturated rings. The van der Waals surface area contributed by atoms with E-state index >= 15 is 0 Å². The molecule has 0 unspecified atom stereocenters. The van der Waals surface area contributed by atoms with Crippen LogP contribution in [0.3, 0.4) is 0 Å². The van der Waals surface area contributed by atoms with E-state index in [2.05, 4.69) is 27.5 Å². The highest BCUT2D eigenvalue weighted by Gasteiger charge is 2.23. The smallest absolute Gasteiger partial charge is 0.215 e. The molecule has 0 spiro atoms. The number of aromatic nitrogens is 1. The molecule has 2 rings (SSSR count). The Bertz CT molecular complexity index is 654. The van der Waals surface area contributed by atoms with E-state index in [1.54, 1.807) is 27.4 Å². The number of hydrogen-bond donors (Lipinski definition) is 2. The number of sulfonamides is 1. The molecule has 0 bridgehead atoms. The summed E-state index contributed by atoms with van der Waals surface area (Å²) in [5, 5.41) is 7.22. The van der Waals surface area contributed by atoms with E-state index in [0.29, 0.717) is 32.1 Å². The van der Waals surface area contributed by atoms with Crippen molar-refractivity contribution in [2.24, 2.45) is 4.99 Å². The van der Waals surface area contributed by atoms with E-state index in [0.717, 1.165) is 29.5 Å². The van der Waals surface area contributed by atoms with Gasteiger partial charge < -0.3 is 10.6 Å². The quantitative estimate of drug-likeness (QED) is 0.498. The lowest BCUT2D eigenvalue weighted by Gasteiger charge is -2.25. The van der Waals surface area contributed by atoms with Crippen molar-refractivity contribution >= 4 is 39.1 Å². The highest BCUT2D eigenvalue weighted by atomic mass is 32.2. The maximum Gasteiger partial charge on any atom is 0.215 e. The summed E-state index contributed by atoms with van der Waals surface area (Å²) in [6.45, 7) is 6.88. The van der Waals surface area contributed by atoms with Crippen molar-refractivity contribution < 1.29 is 8.42 Å². The van der Waals surface area contributed by atoms with Gasteiger partial charge >= 0.3 is 0 Å². The fraction of sp³-hybridized carbons (Fsp3) is 0.733. The third-order valence-electron chi connectivity index (χ3n) is 3.68. The van der Waals surface area contributed by atoms with E-state index in [9.17, 15) is 8.42 Å². The second-order valence-electron chi connectivity index (χ2n) is 5.52. The maximum absolute atomic E-state index is 12.3. The highest BCUT2D eigenvalue weighted by molar-refractivity contribution is 7.99. The Morgan fingerprint density at radius 2 is 2.08 bits per heavy atom. The molecule has 0 radical (unpaired) electrons. The first-order valence-electron chi connectivity index (χ1n) is 8.56. The summed E-state index contributed by atoms with van der Waals surface area (Å²) in [6.07, 6.45) is 2.87. The van der Waals surface area contributed by atoms with Gasteiger partial charge in [-0.2, -0.15) is 11.8 Å². The van der Waals surface area contributed by atoms with E-state index in [4.69, 9.17) is 0 Å². The minimum absolute atomic E-state index is 0.0827. The molecule has 0 aromatic carbocycles. The lowest BCUT2D eigenvalue weighted by molar-refractivity contribution is 0.443. The van der Waals surface area contributed by atoms with Crippen molar-refractivity contribution in [3.05, 3.63) is 16.1 Å². The van der Waals surface area contributed by atoms with E-state index in [1.807, 2.05) is 13.1 Å². The summed E-state index contributed by atoms with van der Waals surface area (Å²) >= 11 is 3.46. The zero-order valence-corrected chi connectivity index (χ0v) is 17.3. The van der Waals surface area contributed by atoms with Gasteiger partial charge in [-0.05, 0) is 13.3 Å². The Kier molecular flexibility index (Phi) is 8.47. The monoisotopic (exact) mass is 405 g/mol. The molecule has 1 aromatic heterocycles. The minimum Gasteiger partial charge on any atom is -0.357 e. The number of guanidine groups is 1. The molecule has 25 heavy (non-hydrogen) atoms. The largest absolute Gasteiger partial charge is 0.357 e. The maximum atomic E-state index is 12.3. The number of thioether (sulfide) groups is 1. The molecule has 10 heteroatoms. The number of aryl methyl sites for hydroxylation is 1. The molecule has 0 amide bonds. The molecule has 1 saturated heterocycles. The Morgan fingerprint density at radius 1 is 1.32 bits per heavy atom. The van der Waals surface area contributed by atoms with Gasteiger partial charge in [0.1, 0.15) is 5.01 Å². The van der Waals surface area contributed by atoms with Gasteiger partial charge in [0.05, 0.1) is 12.3 Å². The number of thiazole rings is 1. The van der Waals surface area contributed by atoms with Gasteiger partial charge in [0, 0.05) is 48.8 Å². The van der Waals surface area contributed by atoms with Gasteiger partial charge in [-0.15, -0.1) is 11.3 Å². The van der Waals surface area contributed by atoms with E-state index in [-0.39, 0.29) is 5.75 Å². The number of aliphatic imine (C=N–C) groups is 1. The standard InChI is InChI=1S/C15H27N5O2S3/c1-3-13-11-18-14(24-13)12-19-15(16-4-2)17-5-10-25(21,22)20-6-8-23-9-7-20/h11H,3-10,12H2,1-2H3,(H2,16,17,19). The van der Waals surface area contributed by atoms with E-state index in [1.165, 1.54) is 4.88 Å². The summed E-state index contributed by atoms with van der Waals surface area (Å²) in [4.78, 5) is 10.1. The Labute approximate surface area is 158 Å². The molecule has 0 atom stereocenters. The van der Waals surface area contributed by atoms with Gasteiger partial charge in [-0.3, -0.25) is 0 Å². The fourth-order valence-electron chi connectivity index (χ4n) is 2.33. The zero-order chi connectivity index (χ0) is 18.1. The summed E-state index contributed by atoms with van der Waals surface area (Å²) in [7, 11) is -3.20. The van der Waals surface area contributed by atoms with Crippen LogP contribution in [-0.4, -0.2) is 67.1 Å². The molecule has 1 aliphatic heterocycles. The van der Waals surface area contributed by atoms with Crippen LogP contribution < -0.4 is 10.6 Å². The topological polar surface area (TPSA) is 86.7 Å². The molecule has 1 aromatic rings. The van der Waals surface area contributed by atoms with Gasteiger partial charge in [-0.25, -0.2) is 22.7 Å². The predicted molar refractivity (Wildman–Crippen MR) is 107 cm³/mol. The average molecular weight is 406 g/mol. The Morgan fingerprint density at radius 3 is 2.72 bits per heavy atom. The molecular weight excluding hydrogens is 378 g/mol. The van der Waals surface area contributed by atoms with Crippen LogP contribution in [0.2, 0.25) is 0 Å². The number of rotatable bonds is 8. The van der Waals surface area contributed by atoms with Crippen molar-refractivity contribution in [1.29, 1.82) is 0 Å². The SMILES string of the molecule is CCNC(=NCc1ncc(CC)s1)NCCS(=O)(=O)N1CCSCC1. The zero-order valence-electron chi connectivity index (χ0n) is 14.8. The molecule has 142 valence electrons. The second-order valence-corrected chi connectivity index (χ2v) is 10.0. The first-order chi connectivity index (χ1) is 12.0. The van der Waals surface area contributed by atoms with Crippen molar-refractivity contribution in [2.45, 2.75) is 26.8 Å². The third kappa shape index (κ3) is 6.76. The van der Waals surface area contributed by atoms with Crippen LogP contribution in [0.15, 0.2) is 11.2 Å². The van der Waals surface area contributed by atoms with Crippen LogP contribution in [-0.2, 0) is 23.0 Å². The van der Waals surface area contributed by atoms with Crippen LogP contribution in [0.1, 0.15) is 23.7 Å². The van der Waals surface area contributed by atoms with Gasteiger partial charge in [-0.1, -0.05) is 6.92 Å². The second kappa shape index (κ2) is 10.3. The van der Waals surface area contributed by atoms with Crippen LogP contribution in [0.5, 0.6) is 0 Å². The highest BCUT2D eigenvalue weighted by Crippen LogP contribution is 2.14. The summed E-state index contributed by atoms with van der Waals surface area (Å²) in [6, 6.07) is 0.